The Labute approximate surface area is 198 Å². The highest BCUT2D eigenvalue weighted by molar-refractivity contribution is 5.88. The van der Waals surface area contributed by atoms with E-state index in [0.29, 0.717) is 56.2 Å². The molecule has 2 aromatic heterocycles. The van der Waals surface area contributed by atoms with Crippen LogP contribution in [0.4, 0.5) is 23.8 Å². The molecule has 0 aliphatic carbocycles. The van der Waals surface area contributed by atoms with Crippen molar-refractivity contribution >= 4 is 11.9 Å². The first-order chi connectivity index (χ1) is 16.6. The summed E-state index contributed by atoms with van der Waals surface area (Å²) >= 11 is 0. The van der Waals surface area contributed by atoms with Gasteiger partial charge in [-0.3, -0.25) is 5.32 Å². The molecule has 2 amide bonds. The molecule has 2 saturated heterocycles. The lowest BCUT2D eigenvalue weighted by atomic mass is 9.85. The molecule has 1 N–H and O–H groups in total. The number of amides is 2. The molecule has 1 spiro atoms. The van der Waals surface area contributed by atoms with Crippen molar-refractivity contribution < 1.29 is 31.7 Å². The van der Waals surface area contributed by atoms with Gasteiger partial charge >= 0.3 is 12.2 Å². The number of nitrogens with one attached hydrogen (secondary N) is 1. The van der Waals surface area contributed by atoms with Gasteiger partial charge in [-0.1, -0.05) is 10.3 Å². The number of nitrogens with zero attached hydrogens (tertiary/aromatic N) is 4. The number of anilines is 1. The van der Waals surface area contributed by atoms with E-state index >= 15 is 0 Å². The normalized spacial score (nSPS) is 19.9. The van der Waals surface area contributed by atoms with Crippen LogP contribution in [-0.4, -0.2) is 51.5 Å². The molecular formula is C23H24F3N5O4. The number of ether oxygens (including phenoxy) is 1. The summed E-state index contributed by atoms with van der Waals surface area (Å²) in [5.41, 5.74) is 0.825. The summed E-state index contributed by atoms with van der Waals surface area (Å²) in [5.74, 6) is 0.889. The van der Waals surface area contributed by atoms with Crippen LogP contribution >= 0.6 is 0 Å². The summed E-state index contributed by atoms with van der Waals surface area (Å²) in [6.07, 6.45) is -2.41. The number of carbonyl (C=O) groups is 1. The zero-order valence-electron chi connectivity index (χ0n) is 19.2. The van der Waals surface area contributed by atoms with E-state index in [0.717, 1.165) is 23.4 Å². The van der Waals surface area contributed by atoms with Gasteiger partial charge in [-0.15, -0.1) is 0 Å². The number of hydrogen-bond donors (Lipinski definition) is 1. The molecule has 0 bridgehead atoms. The Kier molecular flexibility index (Phi) is 5.78. The minimum Gasteiger partial charge on any atom is -0.374 e. The first kappa shape index (κ1) is 23.3. The minimum atomic E-state index is -4.40. The van der Waals surface area contributed by atoms with Crippen molar-refractivity contribution in [2.75, 3.05) is 25.0 Å². The van der Waals surface area contributed by atoms with E-state index in [1.165, 1.54) is 12.1 Å². The fourth-order valence-electron chi connectivity index (χ4n) is 4.50. The van der Waals surface area contributed by atoms with Crippen LogP contribution in [0.25, 0.3) is 11.5 Å². The van der Waals surface area contributed by atoms with E-state index < -0.39 is 11.7 Å². The molecule has 1 aromatic carbocycles. The van der Waals surface area contributed by atoms with Crippen LogP contribution in [0, 0.1) is 13.8 Å². The maximum atomic E-state index is 12.8. The van der Waals surface area contributed by atoms with Crippen molar-refractivity contribution in [2.45, 2.75) is 50.8 Å². The van der Waals surface area contributed by atoms with Gasteiger partial charge in [0.25, 0.3) is 5.89 Å². The smallest absolute Gasteiger partial charge is 0.374 e. The quantitative estimate of drug-likeness (QED) is 0.554. The summed E-state index contributed by atoms with van der Waals surface area (Å²) in [7, 11) is 0. The second kappa shape index (κ2) is 8.67. The summed E-state index contributed by atoms with van der Waals surface area (Å²) in [6.45, 7) is 5.10. The number of aryl methyl sites for hydroxylation is 1. The summed E-state index contributed by atoms with van der Waals surface area (Å²) in [5, 5.41) is 10.7. The summed E-state index contributed by atoms with van der Waals surface area (Å²) in [4.78, 5) is 18.7. The lowest BCUT2D eigenvalue weighted by Crippen LogP contribution is -2.47. The van der Waals surface area contributed by atoms with Crippen LogP contribution in [0.2, 0.25) is 0 Å². The van der Waals surface area contributed by atoms with Crippen LogP contribution in [-0.2, 0) is 10.9 Å². The van der Waals surface area contributed by atoms with Crippen LogP contribution in [0.3, 0.4) is 0 Å². The third kappa shape index (κ3) is 4.62. The first-order valence-corrected chi connectivity index (χ1v) is 11.3. The molecule has 2 aliphatic heterocycles. The van der Waals surface area contributed by atoms with E-state index in [9.17, 15) is 18.0 Å². The van der Waals surface area contributed by atoms with Crippen molar-refractivity contribution in [1.29, 1.82) is 0 Å². The first-order valence-electron chi connectivity index (χ1n) is 11.3. The van der Waals surface area contributed by atoms with Gasteiger partial charge in [0.2, 0.25) is 5.88 Å². The van der Waals surface area contributed by atoms with Crippen molar-refractivity contribution in [2.24, 2.45) is 0 Å². The van der Waals surface area contributed by atoms with Gasteiger partial charge in [-0.25, -0.2) is 4.79 Å². The Morgan fingerprint density at radius 2 is 1.83 bits per heavy atom. The van der Waals surface area contributed by atoms with Gasteiger partial charge < -0.3 is 18.7 Å². The van der Waals surface area contributed by atoms with Gasteiger partial charge in [-0.05, 0) is 57.4 Å². The Bertz CT molecular complexity index is 1210. The average Bonchev–Trinajstić information content (AvgIpc) is 3.55. The van der Waals surface area contributed by atoms with Crippen molar-refractivity contribution in [3.63, 3.8) is 0 Å². The molecular weight excluding hydrogens is 467 g/mol. The van der Waals surface area contributed by atoms with Crippen molar-refractivity contribution in [3.05, 3.63) is 46.9 Å². The number of hydrogen-bond acceptors (Lipinski definition) is 7. The fourth-order valence-corrected chi connectivity index (χ4v) is 4.50. The number of halogens is 3. The predicted octanol–water partition coefficient (Wildman–Crippen LogP) is 4.93. The molecule has 1 atom stereocenters. The fraction of sp³-hybridized carbons (Fsp3) is 0.478. The average molecular weight is 491 g/mol. The zero-order chi connectivity index (χ0) is 24.8. The Hall–Kier alpha value is -3.41. The molecule has 2 aliphatic rings. The number of likely N-dealkylation sites (tertiary alicyclic amines) is 1. The molecule has 5 rings (SSSR count). The van der Waals surface area contributed by atoms with E-state index in [-0.39, 0.29) is 23.4 Å². The highest BCUT2D eigenvalue weighted by Crippen LogP contribution is 2.42. The maximum Gasteiger partial charge on any atom is 0.416 e. The number of aromatic nitrogens is 3. The predicted molar refractivity (Wildman–Crippen MR) is 117 cm³/mol. The van der Waals surface area contributed by atoms with Crippen LogP contribution in [0.5, 0.6) is 0 Å². The number of alkyl halides is 3. The Balaban J connectivity index is 1.18. The van der Waals surface area contributed by atoms with Gasteiger partial charge in [0.15, 0.2) is 5.82 Å². The van der Waals surface area contributed by atoms with Crippen molar-refractivity contribution in [3.8, 4) is 11.5 Å². The molecule has 12 heteroatoms. The molecule has 0 saturated carbocycles. The SMILES string of the molecule is Cc1noc(NC(=O)N2CCC3(CC2)C[C@@H](c2noc(-c4ccc(C(F)(F)F)cc4)n2)CO3)c1C. The molecule has 2 fully saturated rings. The van der Waals surface area contributed by atoms with E-state index in [2.05, 4.69) is 20.6 Å². The minimum absolute atomic E-state index is 0.0952. The van der Waals surface area contributed by atoms with E-state index in [1.807, 2.05) is 13.8 Å². The largest absolute Gasteiger partial charge is 0.416 e. The van der Waals surface area contributed by atoms with Gasteiger partial charge in [0.05, 0.1) is 23.5 Å². The maximum absolute atomic E-state index is 12.8. The van der Waals surface area contributed by atoms with Crippen LogP contribution in [0.15, 0.2) is 33.3 Å². The monoisotopic (exact) mass is 491 g/mol. The number of benzene rings is 1. The molecule has 0 unspecified atom stereocenters. The lowest BCUT2D eigenvalue weighted by Gasteiger charge is -2.38. The molecule has 35 heavy (non-hydrogen) atoms. The van der Waals surface area contributed by atoms with Crippen molar-refractivity contribution in [1.82, 2.24) is 20.2 Å². The van der Waals surface area contributed by atoms with Crippen LogP contribution < -0.4 is 5.32 Å². The number of carbonyl (C=O) groups excluding carboxylic acids is 1. The summed E-state index contributed by atoms with van der Waals surface area (Å²) in [6, 6.07) is 4.36. The third-order valence-corrected chi connectivity index (χ3v) is 6.81. The zero-order valence-corrected chi connectivity index (χ0v) is 19.2. The molecule has 0 radical (unpaired) electrons. The number of urea groups is 1. The third-order valence-electron chi connectivity index (χ3n) is 6.81. The van der Waals surface area contributed by atoms with Gasteiger partial charge in [0, 0.05) is 30.1 Å². The van der Waals surface area contributed by atoms with Crippen LogP contribution in [0.1, 0.15) is 47.8 Å². The topological polar surface area (TPSA) is 107 Å². The number of rotatable bonds is 3. The molecule has 3 aromatic rings. The number of piperidine rings is 1. The lowest BCUT2D eigenvalue weighted by molar-refractivity contribution is -0.137. The van der Waals surface area contributed by atoms with E-state index in [4.69, 9.17) is 13.8 Å². The Morgan fingerprint density at radius 1 is 1.11 bits per heavy atom. The second-order valence-electron chi connectivity index (χ2n) is 9.07. The molecule has 4 heterocycles. The Morgan fingerprint density at radius 3 is 2.46 bits per heavy atom. The summed E-state index contributed by atoms with van der Waals surface area (Å²) < 4.78 is 55.0. The van der Waals surface area contributed by atoms with Gasteiger partial charge in [0.1, 0.15) is 0 Å². The van der Waals surface area contributed by atoms with E-state index in [1.54, 1.807) is 4.90 Å². The highest BCUT2D eigenvalue weighted by atomic mass is 19.4. The molecule has 9 nitrogen and oxygen atoms in total. The standard InChI is InChI=1S/C23H24F3N5O4/c1-13-14(2)29-34-19(13)28-21(32)31-9-7-22(8-10-31)11-16(12-33-22)18-27-20(35-30-18)15-3-5-17(6-4-15)23(24,25)26/h3-6,16H,7-12H2,1-2H3,(H,28,32)/t16-/m1/s1. The van der Waals surface area contributed by atoms with Gasteiger partial charge in [-0.2, -0.15) is 18.2 Å². The molecule has 186 valence electrons. The second-order valence-corrected chi connectivity index (χ2v) is 9.07. The highest BCUT2D eigenvalue weighted by Gasteiger charge is 2.45.